The normalized spacial score (nSPS) is 29.0. The zero-order valence-corrected chi connectivity index (χ0v) is 18.3. The van der Waals surface area contributed by atoms with E-state index in [4.69, 9.17) is 4.99 Å². The summed E-state index contributed by atoms with van der Waals surface area (Å²) in [7, 11) is -2.83. The summed E-state index contributed by atoms with van der Waals surface area (Å²) in [5.41, 5.74) is 0.269. The van der Waals surface area contributed by atoms with Gasteiger partial charge in [-0.15, -0.1) is 30.6 Å². The summed E-state index contributed by atoms with van der Waals surface area (Å²) in [6.45, 7) is 13.9. The molecule has 0 aromatic rings. The molecule has 0 radical (unpaired) electrons. The van der Waals surface area contributed by atoms with Crippen LogP contribution in [0.3, 0.4) is 0 Å². The number of aliphatic imine (C=N–C) groups is 1. The van der Waals surface area contributed by atoms with Crippen LogP contribution in [-0.4, -0.2) is 57.0 Å². The lowest BCUT2D eigenvalue weighted by atomic mass is 9.79. The van der Waals surface area contributed by atoms with E-state index in [9.17, 15) is 8.42 Å². The van der Waals surface area contributed by atoms with Crippen molar-refractivity contribution in [3.8, 4) is 0 Å². The SMILES string of the molecule is C=CCNC(=NCC1CCS(=O)(=O)C1)N1CC(C)CC(C)(C)C1.I. The first-order valence-corrected chi connectivity index (χ1v) is 10.4. The van der Waals surface area contributed by atoms with Gasteiger partial charge in [-0.2, -0.15) is 0 Å². The summed E-state index contributed by atoms with van der Waals surface area (Å²) in [6.07, 6.45) is 3.79. The lowest BCUT2D eigenvalue weighted by Crippen LogP contribution is -2.51. The van der Waals surface area contributed by atoms with Crippen molar-refractivity contribution in [3.05, 3.63) is 12.7 Å². The van der Waals surface area contributed by atoms with Crippen LogP contribution in [0.15, 0.2) is 17.6 Å². The fraction of sp³-hybridized carbons (Fsp3) is 0.824. The van der Waals surface area contributed by atoms with Crippen LogP contribution in [-0.2, 0) is 9.84 Å². The number of sulfone groups is 1. The van der Waals surface area contributed by atoms with Crippen LogP contribution < -0.4 is 5.32 Å². The molecule has 2 rings (SSSR count). The van der Waals surface area contributed by atoms with Gasteiger partial charge in [0, 0.05) is 26.2 Å². The van der Waals surface area contributed by atoms with Crippen molar-refractivity contribution < 1.29 is 8.42 Å². The number of rotatable bonds is 4. The summed E-state index contributed by atoms with van der Waals surface area (Å²) in [5.74, 6) is 2.29. The number of piperidine rings is 1. The zero-order chi connectivity index (χ0) is 17.1. The predicted molar refractivity (Wildman–Crippen MR) is 112 cm³/mol. The van der Waals surface area contributed by atoms with Crippen molar-refractivity contribution in [3.63, 3.8) is 0 Å². The summed E-state index contributed by atoms with van der Waals surface area (Å²) < 4.78 is 23.2. The molecular formula is C17H32IN3O2S. The second-order valence-electron chi connectivity index (χ2n) is 7.96. The molecule has 2 aliphatic rings. The minimum atomic E-state index is -2.83. The maximum Gasteiger partial charge on any atom is 0.194 e. The van der Waals surface area contributed by atoms with E-state index in [1.54, 1.807) is 0 Å². The first-order chi connectivity index (χ1) is 10.7. The Morgan fingerprint density at radius 3 is 2.71 bits per heavy atom. The summed E-state index contributed by atoms with van der Waals surface area (Å²) in [5, 5.41) is 3.35. The number of hydrogen-bond acceptors (Lipinski definition) is 3. The molecule has 0 spiro atoms. The third-order valence-corrected chi connectivity index (χ3v) is 6.42. The van der Waals surface area contributed by atoms with Crippen molar-refractivity contribution in [2.24, 2.45) is 22.2 Å². The molecule has 0 aromatic heterocycles. The summed E-state index contributed by atoms with van der Waals surface area (Å²) in [4.78, 5) is 7.07. The largest absolute Gasteiger partial charge is 0.353 e. The Kier molecular flexibility index (Phi) is 8.03. The van der Waals surface area contributed by atoms with Gasteiger partial charge in [0.25, 0.3) is 0 Å². The van der Waals surface area contributed by atoms with Gasteiger partial charge in [0.1, 0.15) is 0 Å². The van der Waals surface area contributed by atoms with Gasteiger partial charge in [0.05, 0.1) is 11.5 Å². The van der Waals surface area contributed by atoms with Crippen LogP contribution in [0, 0.1) is 17.3 Å². The predicted octanol–water partition coefficient (Wildman–Crippen LogP) is 2.54. The second kappa shape index (κ2) is 8.87. The van der Waals surface area contributed by atoms with Gasteiger partial charge in [-0.25, -0.2) is 8.42 Å². The van der Waals surface area contributed by atoms with Crippen molar-refractivity contribution in [1.29, 1.82) is 0 Å². The number of nitrogens with one attached hydrogen (secondary N) is 1. The Balaban J connectivity index is 0.00000288. The van der Waals surface area contributed by atoms with Gasteiger partial charge in [-0.1, -0.05) is 26.8 Å². The molecular weight excluding hydrogens is 437 g/mol. The Morgan fingerprint density at radius 1 is 1.46 bits per heavy atom. The second-order valence-corrected chi connectivity index (χ2v) is 10.2. The molecule has 0 bridgehead atoms. The van der Waals surface area contributed by atoms with E-state index >= 15 is 0 Å². The molecule has 0 saturated carbocycles. The molecule has 2 saturated heterocycles. The molecule has 5 nitrogen and oxygen atoms in total. The van der Waals surface area contributed by atoms with E-state index < -0.39 is 9.84 Å². The lowest BCUT2D eigenvalue weighted by molar-refractivity contribution is 0.129. The monoisotopic (exact) mass is 469 g/mol. The van der Waals surface area contributed by atoms with E-state index in [1.165, 1.54) is 6.42 Å². The number of guanidine groups is 1. The molecule has 2 fully saturated rings. The van der Waals surface area contributed by atoms with Gasteiger partial charge in [-0.3, -0.25) is 4.99 Å². The Bertz CT molecular complexity index is 560. The molecule has 2 atom stereocenters. The van der Waals surface area contributed by atoms with Gasteiger partial charge in [0.2, 0.25) is 0 Å². The first kappa shape index (κ1) is 21.7. The zero-order valence-electron chi connectivity index (χ0n) is 15.1. The fourth-order valence-electron chi connectivity index (χ4n) is 3.85. The van der Waals surface area contributed by atoms with Crippen molar-refractivity contribution in [2.75, 3.05) is 37.7 Å². The maximum atomic E-state index is 11.6. The van der Waals surface area contributed by atoms with E-state index in [0.717, 1.165) is 25.5 Å². The number of halogens is 1. The molecule has 0 aliphatic carbocycles. The van der Waals surface area contributed by atoms with E-state index in [2.05, 4.69) is 37.6 Å². The van der Waals surface area contributed by atoms with Crippen LogP contribution in [0.2, 0.25) is 0 Å². The highest BCUT2D eigenvalue weighted by atomic mass is 127. The molecule has 140 valence electrons. The van der Waals surface area contributed by atoms with Crippen LogP contribution in [0.5, 0.6) is 0 Å². The van der Waals surface area contributed by atoms with Gasteiger partial charge in [0.15, 0.2) is 15.8 Å². The molecule has 0 amide bonds. The Morgan fingerprint density at radius 2 is 2.17 bits per heavy atom. The average molecular weight is 469 g/mol. The highest BCUT2D eigenvalue weighted by molar-refractivity contribution is 14.0. The Hall–Kier alpha value is -0.310. The summed E-state index contributed by atoms with van der Waals surface area (Å²) >= 11 is 0. The number of hydrogen-bond donors (Lipinski definition) is 1. The third-order valence-electron chi connectivity index (χ3n) is 4.58. The molecule has 7 heteroatoms. The molecule has 0 aromatic carbocycles. The average Bonchev–Trinajstić information content (AvgIpc) is 2.76. The molecule has 24 heavy (non-hydrogen) atoms. The van der Waals surface area contributed by atoms with Crippen molar-refractivity contribution >= 4 is 39.8 Å². The van der Waals surface area contributed by atoms with Crippen LogP contribution in [0.4, 0.5) is 0 Å². The lowest BCUT2D eigenvalue weighted by Gasteiger charge is -2.43. The fourth-order valence-corrected chi connectivity index (χ4v) is 5.70. The number of nitrogens with zero attached hydrogens (tertiary/aromatic N) is 2. The van der Waals surface area contributed by atoms with E-state index in [1.807, 2.05) is 6.08 Å². The Labute approximate surface area is 164 Å². The quantitative estimate of drug-likeness (QED) is 0.298. The molecule has 2 aliphatic heterocycles. The third kappa shape index (κ3) is 6.54. The smallest absolute Gasteiger partial charge is 0.194 e. The molecule has 2 heterocycles. The topological polar surface area (TPSA) is 61.8 Å². The molecule has 1 N–H and O–H groups in total. The standard InChI is InChI=1S/C17H31N3O2S.HI/c1-5-7-18-16(19-10-15-6-8-23(21,22)12-15)20-11-14(2)9-17(3,4)13-20;/h5,14-15H,1,6-13H2,2-4H3,(H,18,19);1H. The van der Waals surface area contributed by atoms with Crippen molar-refractivity contribution in [2.45, 2.75) is 33.6 Å². The first-order valence-electron chi connectivity index (χ1n) is 8.55. The highest BCUT2D eigenvalue weighted by Gasteiger charge is 2.32. The minimum absolute atomic E-state index is 0. The molecule has 2 unspecified atom stereocenters. The van der Waals surface area contributed by atoms with Gasteiger partial charge in [-0.05, 0) is 30.1 Å². The van der Waals surface area contributed by atoms with Crippen LogP contribution >= 0.6 is 24.0 Å². The van der Waals surface area contributed by atoms with E-state index in [0.29, 0.717) is 24.8 Å². The van der Waals surface area contributed by atoms with Crippen LogP contribution in [0.1, 0.15) is 33.6 Å². The number of likely N-dealkylation sites (tertiary alicyclic amines) is 1. The van der Waals surface area contributed by atoms with Gasteiger partial charge < -0.3 is 10.2 Å². The highest BCUT2D eigenvalue weighted by Crippen LogP contribution is 2.32. The van der Waals surface area contributed by atoms with E-state index in [-0.39, 0.29) is 41.1 Å². The van der Waals surface area contributed by atoms with Gasteiger partial charge >= 0.3 is 0 Å². The maximum absolute atomic E-state index is 11.6. The van der Waals surface area contributed by atoms with Crippen molar-refractivity contribution in [1.82, 2.24) is 10.2 Å². The minimum Gasteiger partial charge on any atom is -0.353 e. The van der Waals surface area contributed by atoms with Crippen LogP contribution in [0.25, 0.3) is 0 Å². The summed E-state index contributed by atoms with van der Waals surface area (Å²) in [6, 6.07) is 0.